The number of amides is 1. The number of carbonyl (C=O) groups excluding carboxylic acids is 1. The average molecular weight is 561 g/mol. The first-order valence-electron chi connectivity index (χ1n) is 10.4. The Morgan fingerprint density at radius 3 is 2.74 bits per heavy atom. The van der Waals surface area contributed by atoms with E-state index < -0.39 is 0 Å². The van der Waals surface area contributed by atoms with E-state index in [1.807, 2.05) is 25.5 Å². The zero-order valence-corrected chi connectivity index (χ0v) is 21.5. The van der Waals surface area contributed by atoms with Gasteiger partial charge in [0.2, 0.25) is 0 Å². The minimum Gasteiger partial charge on any atom is -0.450 e. The zero-order valence-electron chi connectivity index (χ0n) is 18.3. The molecule has 2 aromatic heterocycles. The third-order valence-electron chi connectivity index (χ3n) is 5.17. The third kappa shape index (κ3) is 7.63. The van der Waals surface area contributed by atoms with Gasteiger partial charge in [-0.1, -0.05) is 6.07 Å². The number of aromatic nitrogens is 3. The van der Waals surface area contributed by atoms with E-state index >= 15 is 0 Å². The van der Waals surface area contributed by atoms with E-state index in [1.54, 1.807) is 16.2 Å². The van der Waals surface area contributed by atoms with Crippen LogP contribution in [0.25, 0.3) is 0 Å². The van der Waals surface area contributed by atoms with E-state index in [0.717, 1.165) is 43.4 Å². The number of nitrogens with zero attached hydrogens (tertiary/aromatic N) is 5. The summed E-state index contributed by atoms with van der Waals surface area (Å²) in [7, 11) is 1.95. The lowest BCUT2D eigenvalue weighted by Crippen LogP contribution is -2.50. The molecule has 2 N–H and O–H groups in total. The summed E-state index contributed by atoms with van der Waals surface area (Å²) < 4.78 is 7.05. The number of piperidine rings is 1. The molecule has 1 fully saturated rings. The van der Waals surface area contributed by atoms with Gasteiger partial charge in [0.15, 0.2) is 11.8 Å². The van der Waals surface area contributed by atoms with E-state index in [1.165, 1.54) is 4.88 Å². The van der Waals surface area contributed by atoms with Gasteiger partial charge in [-0.05, 0) is 44.6 Å². The standard InChI is InChI=1S/C20H31N7O2S.HI/c1-4-29-20(28)27-11-8-16(9-12-27)23-19(21-10-7-17-6-5-13-30-17)22-14-18-25-24-15(2)26(18)3;/h5-6,13,16H,4,7-12,14H2,1-3H3,(H2,21,22,23);1H. The highest BCUT2D eigenvalue weighted by molar-refractivity contribution is 14.0. The second-order valence-corrected chi connectivity index (χ2v) is 8.28. The number of halogens is 1. The van der Waals surface area contributed by atoms with E-state index in [2.05, 4.69) is 38.3 Å². The largest absolute Gasteiger partial charge is 0.450 e. The van der Waals surface area contributed by atoms with Crippen LogP contribution in [0.5, 0.6) is 0 Å². The van der Waals surface area contributed by atoms with Gasteiger partial charge in [0, 0.05) is 37.6 Å². The summed E-state index contributed by atoms with van der Waals surface area (Å²) in [4.78, 5) is 19.8. The molecular weight excluding hydrogens is 529 g/mol. The van der Waals surface area contributed by atoms with E-state index in [9.17, 15) is 4.79 Å². The van der Waals surface area contributed by atoms with Gasteiger partial charge in [0.25, 0.3) is 0 Å². The van der Waals surface area contributed by atoms with Crippen LogP contribution in [0.3, 0.4) is 0 Å². The van der Waals surface area contributed by atoms with Crippen LogP contribution < -0.4 is 10.6 Å². The molecule has 0 unspecified atom stereocenters. The molecule has 1 amide bonds. The Morgan fingerprint density at radius 1 is 1.35 bits per heavy atom. The summed E-state index contributed by atoms with van der Waals surface area (Å²) in [5, 5.41) is 17.4. The molecule has 0 bridgehead atoms. The maximum atomic E-state index is 11.9. The maximum Gasteiger partial charge on any atom is 0.409 e. The number of aryl methyl sites for hydroxylation is 1. The highest BCUT2D eigenvalue weighted by atomic mass is 127. The second kappa shape index (κ2) is 12.8. The molecule has 0 spiro atoms. The molecule has 0 saturated carbocycles. The number of hydrogen-bond acceptors (Lipinski definition) is 6. The van der Waals surface area contributed by atoms with Crippen molar-refractivity contribution in [3.8, 4) is 0 Å². The Balaban J connectivity index is 0.00000341. The Hall–Kier alpha value is -1.89. The zero-order chi connectivity index (χ0) is 21.3. The second-order valence-electron chi connectivity index (χ2n) is 7.25. The van der Waals surface area contributed by atoms with Gasteiger partial charge in [-0.2, -0.15) is 0 Å². The minimum absolute atomic E-state index is 0. The molecule has 0 atom stereocenters. The maximum absolute atomic E-state index is 11.9. The average Bonchev–Trinajstić information content (AvgIpc) is 3.37. The van der Waals surface area contributed by atoms with Crippen LogP contribution in [0.1, 0.15) is 36.3 Å². The van der Waals surface area contributed by atoms with Crippen molar-refractivity contribution in [1.29, 1.82) is 0 Å². The number of likely N-dealkylation sites (tertiary alicyclic amines) is 1. The van der Waals surface area contributed by atoms with Gasteiger partial charge in [-0.25, -0.2) is 9.79 Å². The van der Waals surface area contributed by atoms with E-state index in [-0.39, 0.29) is 36.1 Å². The predicted octanol–water partition coefficient (Wildman–Crippen LogP) is 2.70. The molecule has 31 heavy (non-hydrogen) atoms. The van der Waals surface area contributed by atoms with Gasteiger partial charge in [0.1, 0.15) is 12.4 Å². The van der Waals surface area contributed by atoms with Crippen molar-refractivity contribution in [2.24, 2.45) is 12.0 Å². The first kappa shape index (κ1) is 25.4. The summed E-state index contributed by atoms with van der Waals surface area (Å²) in [6, 6.07) is 4.47. The van der Waals surface area contributed by atoms with E-state index in [4.69, 9.17) is 9.73 Å². The summed E-state index contributed by atoms with van der Waals surface area (Å²) >= 11 is 1.76. The minimum atomic E-state index is -0.225. The van der Waals surface area contributed by atoms with Crippen molar-refractivity contribution < 1.29 is 9.53 Å². The Kier molecular flexibility index (Phi) is 10.5. The van der Waals surface area contributed by atoms with Crippen molar-refractivity contribution >= 4 is 47.4 Å². The lowest BCUT2D eigenvalue weighted by molar-refractivity contribution is 0.0963. The highest BCUT2D eigenvalue weighted by Gasteiger charge is 2.24. The first-order valence-corrected chi connectivity index (χ1v) is 11.3. The topological polar surface area (TPSA) is 96.7 Å². The number of aliphatic imine (C=N–C) groups is 1. The smallest absolute Gasteiger partial charge is 0.409 e. The van der Waals surface area contributed by atoms with Crippen LogP contribution in [0.4, 0.5) is 4.79 Å². The number of rotatable bonds is 7. The molecule has 2 aromatic rings. The van der Waals surface area contributed by atoms with Crippen molar-refractivity contribution in [2.45, 2.75) is 45.7 Å². The summed E-state index contributed by atoms with van der Waals surface area (Å²) in [6.07, 6.45) is 2.43. The lowest BCUT2D eigenvalue weighted by atomic mass is 10.1. The van der Waals surface area contributed by atoms with Crippen molar-refractivity contribution in [3.63, 3.8) is 0 Å². The molecule has 11 heteroatoms. The molecule has 0 radical (unpaired) electrons. The van der Waals surface area contributed by atoms with Crippen molar-refractivity contribution in [1.82, 2.24) is 30.3 Å². The number of hydrogen-bond donors (Lipinski definition) is 2. The number of ether oxygens (including phenoxy) is 1. The summed E-state index contributed by atoms with van der Waals surface area (Å²) in [5.41, 5.74) is 0. The molecule has 1 aliphatic heterocycles. The van der Waals surface area contributed by atoms with Crippen LogP contribution in [0.15, 0.2) is 22.5 Å². The van der Waals surface area contributed by atoms with Crippen molar-refractivity contribution in [3.05, 3.63) is 34.0 Å². The number of nitrogens with one attached hydrogen (secondary N) is 2. The molecule has 3 rings (SSSR count). The lowest BCUT2D eigenvalue weighted by Gasteiger charge is -2.32. The number of guanidine groups is 1. The van der Waals surface area contributed by atoms with Crippen molar-refractivity contribution in [2.75, 3.05) is 26.2 Å². The third-order valence-corrected chi connectivity index (χ3v) is 6.10. The van der Waals surface area contributed by atoms with Crippen LogP contribution in [0, 0.1) is 6.92 Å². The Bertz CT molecular complexity index is 833. The van der Waals surface area contributed by atoms with Gasteiger partial charge >= 0.3 is 6.09 Å². The summed E-state index contributed by atoms with van der Waals surface area (Å²) in [5.74, 6) is 2.46. The van der Waals surface area contributed by atoms with Crippen LogP contribution in [-0.2, 0) is 24.8 Å². The monoisotopic (exact) mass is 561 g/mol. The molecule has 0 aromatic carbocycles. The SMILES string of the molecule is CCOC(=O)N1CCC(NC(=NCc2nnc(C)n2C)NCCc2cccs2)CC1.I. The molecule has 172 valence electrons. The molecule has 9 nitrogen and oxygen atoms in total. The Morgan fingerprint density at radius 2 is 2.13 bits per heavy atom. The van der Waals surface area contributed by atoms with Gasteiger partial charge in [0.05, 0.1) is 6.61 Å². The molecule has 1 aliphatic rings. The molecule has 3 heterocycles. The quantitative estimate of drug-likeness (QED) is 0.307. The molecule has 1 saturated heterocycles. The molecule has 0 aliphatic carbocycles. The van der Waals surface area contributed by atoms with Gasteiger partial charge in [-0.15, -0.1) is 45.5 Å². The van der Waals surface area contributed by atoms with Gasteiger partial charge < -0.3 is 24.8 Å². The fourth-order valence-corrected chi connectivity index (χ4v) is 3.97. The number of carbonyl (C=O) groups is 1. The van der Waals surface area contributed by atoms with Crippen LogP contribution in [0.2, 0.25) is 0 Å². The molecular formula is C20H32IN7O2S. The fourth-order valence-electron chi connectivity index (χ4n) is 3.26. The highest BCUT2D eigenvalue weighted by Crippen LogP contribution is 2.12. The number of thiophene rings is 1. The fraction of sp³-hybridized carbons (Fsp3) is 0.600. The predicted molar refractivity (Wildman–Crippen MR) is 133 cm³/mol. The normalized spacial score (nSPS) is 14.8. The summed E-state index contributed by atoms with van der Waals surface area (Å²) in [6.45, 7) is 6.77. The van der Waals surface area contributed by atoms with Crippen LogP contribution in [-0.4, -0.2) is 64.0 Å². The van der Waals surface area contributed by atoms with E-state index in [0.29, 0.717) is 26.2 Å². The van der Waals surface area contributed by atoms with Crippen LogP contribution >= 0.6 is 35.3 Å². The van der Waals surface area contributed by atoms with Gasteiger partial charge in [-0.3, -0.25) is 0 Å². The first-order chi connectivity index (χ1) is 14.6. The Labute approximate surface area is 204 Å².